The first kappa shape index (κ1) is 29.2. The number of carbonyl (C=O) groups is 3. The van der Waals surface area contributed by atoms with Crippen LogP contribution in [0.1, 0.15) is 51.5 Å². The zero-order valence-electron chi connectivity index (χ0n) is 23.1. The topological polar surface area (TPSA) is 93.8 Å². The van der Waals surface area contributed by atoms with Gasteiger partial charge in [0.05, 0.1) is 11.4 Å². The molecular formula is C30H43N5O3. The largest absolute Gasteiger partial charge is 0.368 e. The molecule has 0 aromatic heterocycles. The number of nitrogens with zero attached hydrogens (tertiary/aromatic N) is 2. The average molecular weight is 522 g/mol. The lowest BCUT2D eigenvalue weighted by Gasteiger charge is -2.28. The van der Waals surface area contributed by atoms with Crippen LogP contribution in [0.5, 0.6) is 0 Å². The second-order valence-electron chi connectivity index (χ2n) is 9.96. The SMILES string of the molecule is CCC(CCNC)C(=O)N1CCCN(c2ccc(NC(C)=O)cc2NC(=O)CCCc2ccccc2)CC1. The molecular weight excluding hydrogens is 478 g/mol. The molecule has 0 aliphatic carbocycles. The number of anilines is 3. The van der Waals surface area contributed by atoms with E-state index in [2.05, 4.69) is 39.9 Å². The highest BCUT2D eigenvalue weighted by atomic mass is 16.2. The molecule has 1 aliphatic rings. The van der Waals surface area contributed by atoms with Crippen LogP contribution < -0.4 is 20.9 Å². The van der Waals surface area contributed by atoms with E-state index in [1.807, 2.05) is 48.3 Å². The van der Waals surface area contributed by atoms with Gasteiger partial charge in [0.25, 0.3) is 0 Å². The zero-order valence-corrected chi connectivity index (χ0v) is 23.1. The van der Waals surface area contributed by atoms with E-state index < -0.39 is 0 Å². The molecule has 0 bridgehead atoms. The standard InChI is InChI=1S/C30H43N5O3/c1-4-25(16-17-31-3)30(38)35-19-9-18-34(20-21-35)28-15-14-26(32-23(2)36)22-27(28)33-29(37)13-8-12-24-10-6-5-7-11-24/h5-7,10-11,14-15,22,25,31H,4,8-9,12-13,16-21H2,1-3H3,(H,32,36)(H,33,37). The van der Waals surface area contributed by atoms with Crippen LogP contribution in [0.25, 0.3) is 0 Å². The lowest BCUT2D eigenvalue weighted by Crippen LogP contribution is -2.39. The first-order valence-corrected chi connectivity index (χ1v) is 13.8. The van der Waals surface area contributed by atoms with Gasteiger partial charge < -0.3 is 25.8 Å². The van der Waals surface area contributed by atoms with Gasteiger partial charge in [-0.2, -0.15) is 0 Å². The van der Waals surface area contributed by atoms with E-state index in [-0.39, 0.29) is 23.6 Å². The van der Waals surface area contributed by atoms with Crippen LogP contribution in [0.15, 0.2) is 48.5 Å². The summed E-state index contributed by atoms with van der Waals surface area (Å²) in [6.45, 7) is 7.23. The van der Waals surface area contributed by atoms with Crippen LogP contribution in [0.3, 0.4) is 0 Å². The van der Waals surface area contributed by atoms with Crippen molar-refractivity contribution in [2.24, 2.45) is 5.92 Å². The Morgan fingerprint density at radius 2 is 1.76 bits per heavy atom. The van der Waals surface area contributed by atoms with Crippen LogP contribution in [0.4, 0.5) is 17.1 Å². The normalized spacial score (nSPS) is 14.5. The quantitative estimate of drug-likeness (QED) is 0.388. The molecule has 206 valence electrons. The molecule has 3 N–H and O–H groups in total. The van der Waals surface area contributed by atoms with E-state index in [0.29, 0.717) is 30.9 Å². The minimum absolute atomic E-state index is 0.0386. The number of carbonyl (C=O) groups excluding carboxylic acids is 3. The molecule has 3 rings (SSSR count). The maximum atomic E-state index is 13.2. The average Bonchev–Trinajstić information content (AvgIpc) is 3.16. The second kappa shape index (κ2) is 15.1. The Morgan fingerprint density at radius 3 is 2.47 bits per heavy atom. The predicted molar refractivity (Wildman–Crippen MR) is 154 cm³/mol. The smallest absolute Gasteiger partial charge is 0.225 e. The summed E-state index contributed by atoms with van der Waals surface area (Å²) >= 11 is 0. The number of aryl methyl sites for hydroxylation is 1. The van der Waals surface area contributed by atoms with E-state index in [1.165, 1.54) is 12.5 Å². The van der Waals surface area contributed by atoms with Crippen molar-refractivity contribution >= 4 is 34.8 Å². The fourth-order valence-corrected chi connectivity index (χ4v) is 4.96. The first-order valence-electron chi connectivity index (χ1n) is 13.8. The maximum absolute atomic E-state index is 13.2. The van der Waals surface area contributed by atoms with Crippen LogP contribution >= 0.6 is 0 Å². The summed E-state index contributed by atoms with van der Waals surface area (Å²) in [6.07, 6.45) is 4.54. The number of benzene rings is 2. The lowest BCUT2D eigenvalue weighted by atomic mass is 10.0. The van der Waals surface area contributed by atoms with Gasteiger partial charge in [0.2, 0.25) is 17.7 Å². The lowest BCUT2D eigenvalue weighted by molar-refractivity contribution is -0.135. The first-order chi connectivity index (χ1) is 18.4. The Kier molecular flexibility index (Phi) is 11.6. The van der Waals surface area contributed by atoms with E-state index in [4.69, 9.17) is 0 Å². The summed E-state index contributed by atoms with van der Waals surface area (Å²) < 4.78 is 0. The van der Waals surface area contributed by atoms with Gasteiger partial charge in [0.1, 0.15) is 0 Å². The summed E-state index contributed by atoms with van der Waals surface area (Å²) in [5.74, 6) is 0.0592. The summed E-state index contributed by atoms with van der Waals surface area (Å²) in [5, 5.41) is 9.06. The molecule has 1 heterocycles. The van der Waals surface area contributed by atoms with Gasteiger partial charge in [0, 0.05) is 51.1 Å². The molecule has 1 aliphatic heterocycles. The van der Waals surface area contributed by atoms with Gasteiger partial charge >= 0.3 is 0 Å². The Bertz CT molecular complexity index is 1060. The van der Waals surface area contributed by atoms with Crippen LogP contribution in [0, 0.1) is 5.92 Å². The summed E-state index contributed by atoms with van der Waals surface area (Å²) in [7, 11) is 1.91. The molecule has 1 saturated heterocycles. The van der Waals surface area contributed by atoms with E-state index >= 15 is 0 Å². The molecule has 2 aromatic rings. The Labute approximate surface area is 227 Å². The predicted octanol–water partition coefficient (Wildman–Crippen LogP) is 4.28. The maximum Gasteiger partial charge on any atom is 0.225 e. The second-order valence-corrected chi connectivity index (χ2v) is 9.96. The van der Waals surface area contributed by atoms with Crippen molar-refractivity contribution in [2.75, 3.05) is 55.3 Å². The van der Waals surface area contributed by atoms with Gasteiger partial charge in [0.15, 0.2) is 0 Å². The summed E-state index contributed by atoms with van der Waals surface area (Å²) in [6, 6.07) is 15.8. The highest BCUT2D eigenvalue weighted by Gasteiger charge is 2.26. The van der Waals surface area contributed by atoms with Crippen molar-refractivity contribution in [1.29, 1.82) is 0 Å². The number of hydrogen-bond donors (Lipinski definition) is 3. The minimum Gasteiger partial charge on any atom is -0.368 e. The van der Waals surface area contributed by atoms with E-state index in [1.54, 1.807) is 0 Å². The van der Waals surface area contributed by atoms with Gasteiger partial charge in [-0.15, -0.1) is 0 Å². The Balaban J connectivity index is 1.68. The molecule has 0 radical (unpaired) electrons. The number of amides is 3. The van der Waals surface area contributed by atoms with Gasteiger partial charge in [-0.3, -0.25) is 14.4 Å². The van der Waals surface area contributed by atoms with E-state index in [9.17, 15) is 14.4 Å². The molecule has 3 amide bonds. The zero-order chi connectivity index (χ0) is 27.3. The molecule has 8 heteroatoms. The third-order valence-electron chi connectivity index (χ3n) is 7.04. The van der Waals surface area contributed by atoms with Crippen molar-refractivity contribution in [3.63, 3.8) is 0 Å². The number of nitrogens with one attached hydrogen (secondary N) is 3. The molecule has 38 heavy (non-hydrogen) atoms. The van der Waals surface area contributed by atoms with E-state index in [0.717, 1.165) is 57.4 Å². The van der Waals surface area contributed by atoms with Crippen molar-refractivity contribution in [2.45, 2.75) is 52.4 Å². The fourth-order valence-electron chi connectivity index (χ4n) is 4.96. The highest BCUT2D eigenvalue weighted by Crippen LogP contribution is 2.31. The van der Waals surface area contributed by atoms with Crippen molar-refractivity contribution in [3.8, 4) is 0 Å². The molecule has 1 unspecified atom stereocenters. The summed E-state index contributed by atoms with van der Waals surface area (Å²) in [4.78, 5) is 42.0. The monoisotopic (exact) mass is 521 g/mol. The van der Waals surface area contributed by atoms with Gasteiger partial charge in [-0.05, 0) is 69.5 Å². The molecule has 1 fully saturated rings. The van der Waals surface area contributed by atoms with Crippen molar-refractivity contribution in [1.82, 2.24) is 10.2 Å². The van der Waals surface area contributed by atoms with Crippen molar-refractivity contribution < 1.29 is 14.4 Å². The summed E-state index contributed by atoms with van der Waals surface area (Å²) in [5.41, 5.74) is 3.45. The van der Waals surface area contributed by atoms with Crippen molar-refractivity contribution in [3.05, 3.63) is 54.1 Å². The Morgan fingerprint density at radius 1 is 0.974 bits per heavy atom. The van der Waals surface area contributed by atoms with Crippen LogP contribution in [-0.2, 0) is 20.8 Å². The fraction of sp³-hybridized carbons (Fsp3) is 0.500. The van der Waals surface area contributed by atoms with Gasteiger partial charge in [-0.1, -0.05) is 37.3 Å². The van der Waals surface area contributed by atoms with Crippen LogP contribution in [-0.4, -0.2) is 62.4 Å². The molecule has 8 nitrogen and oxygen atoms in total. The van der Waals surface area contributed by atoms with Crippen LogP contribution in [0.2, 0.25) is 0 Å². The molecule has 2 aromatic carbocycles. The van der Waals surface area contributed by atoms with Gasteiger partial charge in [-0.25, -0.2) is 0 Å². The minimum atomic E-state index is -0.162. The third kappa shape index (κ3) is 8.87. The highest BCUT2D eigenvalue weighted by molar-refractivity contribution is 5.97. The Hall–Kier alpha value is -3.39. The number of rotatable bonds is 12. The molecule has 1 atom stereocenters. The molecule has 0 spiro atoms. The third-order valence-corrected chi connectivity index (χ3v) is 7.04. The number of hydrogen-bond acceptors (Lipinski definition) is 5. The molecule has 0 saturated carbocycles.